The van der Waals surface area contributed by atoms with Crippen LogP contribution in [-0.4, -0.2) is 37.7 Å². The fourth-order valence-electron chi connectivity index (χ4n) is 3.61. The number of rotatable bonds is 4. The smallest absolute Gasteiger partial charge is 0.123 e. The van der Waals surface area contributed by atoms with Crippen molar-refractivity contribution in [2.75, 3.05) is 26.7 Å². The van der Waals surface area contributed by atoms with Gasteiger partial charge in [-0.2, -0.15) is 0 Å². The van der Waals surface area contributed by atoms with Crippen molar-refractivity contribution >= 4 is 0 Å². The predicted molar refractivity (Wildman–Crippen MR) is 77.5 cm³/mol. The van der Waals surface area contributed by atoms with E-state index in [1.807, 2.05) is 0 Å². The highest BCUT2D eigenvalue weighted by atomic mass is 19.1. The molecule has 3 heterocycles. The van der Waals surface area contributed by atoms with Crippen LogP contribution in [0.3, 0.4) is 0 Å². The maximum absolute atomic E-state index is 13.5. The van der Waals surface area contributed by atoms with Gasteiger partial charge in [0.05, 0.1) is 7.11 Å². The van der Waals surface area contributed by atoms with E-state index in [1.54, 1.807) is 19.2 Å². The number of halogens is 1. The van der Waals surface area contributed by atoms with E-state index >= 15 is 0 Å². The Bertz CT molecular complexity index is 472. The number of piperidine rings is 3. The molecule has 3 fully saturated rings. The number of nitrogens with one attached hydrogen (secondary N) is 1. The number of ether oxygens (including phenoxy) is 1. The third-order valence-electron chi connectivity index (χ3n) is 4.78. The van der Waals surface area contributed by atoms with Crippen LogP contribution < -0.4 is 10.1 Å². The first-order valence-electron chi connectivity index (χ1n) is 7.49. The number of methoxy groups -OCH3 is 1. The number of benzene rings is 1. The molecule has 2 atom stereocenters. The molecule has 0 aliphatic carbocycles. The molecule has 4 rings (SSSR count). The van der Waals surface area contributed by atoms with Gasteiger partial charge in [-0.05, 0) is 57.0 Å². The standard InChI is InChI=1S/C16H23FN2O/c1-11(14-9-13(17)3-4-16(14)20-2)18-15-10-19-7-5-12(15)6-8-19/h3-4,9,11-12,15,18H,5-8,10H2,1-2H3. The summed E-state index contributed by atoms with van der Waals surface area (Å²) in [4.78, 5) is 2.52. The number of hydrogen-bond donors (Lipinski definition) is 1. The molecule has 20 heavy (non-hydrogen) atoms. The second-order valence-corrected chi connectivity index (χ2v) is 6.02. The van der Waals surface area contributed by atoms with E-state index in [2.05, 4.69) is 17.1 Å². The first-order chi connectivity index (χ1) is 9.67. The summed E-state index contributed by atoms with van der Waals surface area (Å²) in [5, 5.41) is 3.68. The zero-order valence-corrected chi connectivity index (χ0v) is 12.2. The summed E-state index contributed by atoms with van der Waals surface area (Å²) >= 11 is 0. The lowest BCUT2D eigenvalue weighted by Gasteiger charge is -2.46. The average Bonchev–Trinajstić information content (AvgIpc) is 2.48. The largest absolute Gasteiger partial charge is 0.496 e. The molecule has 2 bridgehead atoms. The minimum Gasteiger partial charge on any atom is -0.496 e. The molecule has 3 nitrogen and oxygen atoms in total. The highest BCUT2D eigenvalue weighted by Crippen LogP contribution is 2.31. The van der Waals surface area contributed by atoms with E-state index in [1.165, 1.54) is 32.0 Å². The third kappa shape index (κ3) is 2.67. The van der Waals surface area contributed by atoms with E-state index in [4.69, 9.17) is 4.74 Å². The van der Waals surface area contributed by atoms with Crippen molar-refractivity contribution in [1.82, 2.24) is 10.2 Å². The summed E-state index contributed by atoms with van der Waals surface area (Å²) in [6.07, 6.45) is 2.56. The van der Waals surface area contributed by atoms with Crippen LogP contribution >= 0.6 is 0 Å². The van der Waals surface area contributed by atoms with Crippen LogP contribution in [-0.2, 0) is 0 Å². The summed E-state index contributed by atoms with van der Waals surface area (Å²) in [5.41, 5.74) is 0.906. The van der Waals surface area contributed by atoms with Gasteiger partial charge in [-0.1, -0.05) is 0 Å². The molecule has 0 spiro atoms. The van der Waals surface area contributed by atoms with Crippen LogP contribution in [0.4, 0.5) is 4.39 Å². The van der Waals surface area contributed by atoms with Crippen LogP contribution in [0.2, 0.25) is 0 Å². The molecule has 1 N–H and O–H groups in total. The van der Waals surface area contributed by atoms with Crippen LogP contribution in [0.5, 0.6) is 5.75 Å². The van der Waals surface area contributed by atoms with Crippen LogP contribution in [0.25, 0.3) is 0 Å². The molecule has 0 saturated carbocycles. The van der Waals surface area contributed by atoms with Crippen LogP contribution in [0.1, 0.15) is 31.4 Å². The van der Waals surface area contributed by atoms with Crippen molar-refractivity contribution in [3.05, 3.63) is 29.6 Å². The minimum atomic E-state index is -0.205. The first kappa shape index (κ1) is 13.8. The summed E-state index contributed by atoms with van der Waals surface area (Å²) in [7, 11) is 1.64. The first-order valence-corrected chi connectivity index (χ1v) is 7.49. The fourth-order valence-corrected chi connectivity index (χ4v) is 3.61. The fraction of sp³-hybridized carbons (Fsp3) is 0.625. The molecule has 0 amide bonds. The monoisotopic (exact) mass is 278 g/mol. The van der Waals surface area contributed by atoms with Crippen LogP contribution in [0, 0.1) is 11.7 Å². The maximum Gasteiger partial charge on any atom is 0.123 e. The minimum absolute atomic E-state index is 0.103. The van der Waals surface area contributed by atoms with Gasteiger partial charge < -0.3 is 15.0 Å². The van der Waals surface area contributed by atoms with Gasteiger partial charge >= 0.3 is 0 Å². The highest BCUT2D eigenvalue weighted by molar-refractivity contribution is 5.36. The van der Waals surface area contributed by atoms with Crippen molar-refractivity contribution in [2.45, 2.75) is 31.8 Å². The lowest BCUT2D eigenvalue weighted by Crippen LogP contribution is -2.56. The molecular weight excluding hydrogens is 255 g/mol. The molecule has 1 aromatic rings. The normalized spacial score (nSPS) is 30.2. The predicted octanol–water partition coefficient (Wildman–Crippen LogP) is 2.58. The molecule has 1 aromatic carbocycles. The van der Waals surface area contributed by atoms with E-state index in [0.717, 1.165) is 23.8 Å². The van der Waals surface area contributed by atoms with E-state index < -0.39 is 0 Å². The van der Waals surface area contributed by atoms with Crippen molar-refractivity contribution in [1.29, 1.82) is 0 Å². The van der Waals surface area contributed by atoms with Gasteiger partial charge in [0.25, 0.3) is 0 Å². The molecule has 0 aromatic heterocycles. The van der Waals surface area contributed by atoms with Gasteiger partial charge in [-0.15, -0.1) is 0 Å². The Labute approximate surface area is 120 Å². The third-order valence-corrected chi connectivity index (χ3v) is 4.78. The Morgan fingerprint density at radius 2 is 2.10 bits per heavy atom. The quantitative estimate of drug-likeness (QED) is 0.916. The van der Waals surface area contributed by atoms with Gasteiger partial charge in [0.2, 0.25) is 0 Å². The van der Waals surface area contributed by atoms with Crippen molar-refractivity contribution < 1.29 is 9.13 Å². The summed E-state index contributed by atoms with van der Waals surface area (Å²) < 4.78 is 18.8. The molecule has 3 aliphatic heterocycles. The zero-order valence-electron chi connectivity index (χ0n) is 12.2. The lowest BCUT2D eigenvalue weighted by atomic mass is 9.83. The Hall–Kier alpha value is -1.13. The summed E-state index contributed by atoms with van der Waals surface area (Å²) in [6, 6.07) is 5.35. The second-order valence-electron chi connectivity index (χ2n) is 6.02. The average molecular weight is 278 g/mol. The molecule has 4 heteroatoms. The molecule has 0 radical (unpaired) electrons. The Kier molecular flexibility index (Phi) is 3.94. The zero-order chi connectivity index (χ0) is 14.1. The van der Waals surface area contributed by atoms with Crippen LogP contribution in [0.15, 0.2) is 18.2 Å². The van der Waals surface area contributed by atoms with Gasteiger partial charge in [-0.3, -0.25) is 0 Å². The molecule has 3 aliphatic rings. The Morgan fingerprint density at radius 1 is 1.35 bits per heavy atom. The lowest BCUT2D eigenvalue weighted by molar-refractivity contribution is 0.0678. The van der Waals surface area contributed by atoms with E-state index in [9.17, 15) is 4.39 Å². The Morgan fingerprint density at radius 3 is 2.70 bits per heavy atom. The van der Waals surface area contributed by atoms with Crippen molar-refractivity contribution in [3.8, 4) is 5.75 Å². The second kappa shape index (κ2) is 5.70. The molecule has 3 saturated heterocycles. The van der Waals surface area contributed by atoms with Gasteiger partial charge in [0, 0.05) is 24.2 Å². The van der Waals surface area contributed by atoms with Gasteiger partial charge in [0.15, 0.2) is 0 Å². The highest BCUT2D eigenvalue weighted by Gasteiger charge is 2.34. The Balaban J connectivity index is 1.73. The summed E-state index contributed by atoms with van der Waals surface area (Å²) in [6.45, 7) is 5.68. The van der Waals surface area contributed by atoms with Gasteiger partial charge in [0.1, 0.15) is 11.6 Å². The number of hydrogen-bond acceptors (Lipinski definition) is 3. The topological polar surface area (TPSA) is 24.5 Å². The van der Waals surface area contributed by atoms with E-state index in [-0.39, 0.29) is 11.9 Å². The van der Waals surface area contributed by atoms with Gasteiger partial charge in [-0.25, -0.2) is 4.39 Å². The number of fused-ring (bicyclic) bond motifs is 3. The van der Waals surface area contributed by atoms with Crippen molar-refractivity contribution in [2.24, 2.45) is 5.92 Å². The van der Waals surface area contributed by atoms with Crippen molar-refractivity contribution in [3.63, 3.8) is 0 Å². The number of nitrogens with zero attached hydrogens (tertiary/aromatic N) is 1. The molecule has 110 valence electrons. The van der Waals surface area contributed by atoms with E-state index in [0.29, 0.717) is 6.04 Å². The summed E-state index contributed by atoms with van der Waals surface area (Å²) in [5.74, 6) is 1.32. The SMILES string of the molecule is COc1ccc(F)cc1C(C)NC1CN2CCC1CC2. The molecular formula is C16H23FN2O. The maximum atomic E-state index is 13.5. The molecule has 2 unspecified atom stereocenters.